The molecule has 6 heteroatoms. The third-order valence-electron chi connectivity index (χ3n) is 5.12. The first-order valence-electron chi connectivity index (χ1n) is 8.75. The summed E-state index contributed by atoms with van der Waals surface area (Å²) < 4.78 is 0. The monoisotopic (exact) mass is 343 g/mol. The van der Waals surface area contributed by atoms with Crippen LogP contribution in [0, 0.1) is 5.41 Å². The van der Waals surface area contributed by atoms with Crippen LogP contribution in [-0.2, 0) is 0 Å². The number of hydrogen-bond donors (Lipinski definition) is 2. The quantitative estimate of drug-likeness (QED) is 0.803. The maximum atomic E-state index is 13.0. The maximum absolute atomic E-state index is 13.0. The molecule has 0 unspecified atom stereocenters. The van der Waals surface area contributed by atoms with Gasteiger partial charge in [0.1, 0.15) is 0 Å². The van der Waals surface area contributed by atoms with Crippen molar-refractivity contribution in [3.05, 3.63) is 42.5 Å². The molecule has 0 spiro atoms. The van der Waals surface area contributed by atoms with E-state index in [9.17, 15) is 14.7 Å². The number of nitrogens with zero attached hydrogens (tertiary/aromatic N) is 2. The van der Waals surface area contributed by atoms with Crippen LogP contribution in [0.3, 0.4) is 0 Å². The minimum atomic E-state index is -0.290. The molecule has 3 rings (SSSR count). The van der Waals surface area contributed by atoms with E-state index < -0.39 is 0 Å². The summed E-state index contributed by atoms with van der Waals surface area (Å²) in [7, 11) is 0. The number of carbonyl (C=O) groups is 2. The molecule has 2 aliphatic rings. The number of piperidine rings is 1. The second-order valence-corrected chi connectivity index (χ2v) is 6.92. The minimum absolute atomic E-state index is 0.0524. The number of likely N-dealkylation sites (tertiary alicyclic amines) is 1. The van der Waals surface area contributed by atoms with E-state index in [-0.39, 0.29) is 24.0 Å². The van der Waals surface area contributed by atoms with Gasteiger partial charge in [-0.15, -0.1) is 6.58 Å². The Morgan fingerprint density at radius 3 is 2.92 bits per heavy atom. The molecule has 0 saturated carbocycles. The number of allylic oxidation sites excluding steroid dienone is 1. The lowest BCUT2D eigenvalue weighted by Crippen LogP contribution is -2.47. The van der Waals surface area contributed by atoms with Gasteiger partial charge < -0.3 is 15.3 Å². The predicted octanol–water partition coefficient (Wildman–Crippen LogP) is 2.01. The molecule has 0 aliphatic carbocycles. The molecule has 2 fully saturated rings. The van der Waals surface area contributed by atoms with E-state index in [1.54, 1.807) is 23.1 Å². The molecule has 0 aromatic heterocycles. The van der Waals surface area contributed by atoms with Crippen molar-refractivity contribution in [2.24, 2.45) is 5.41 Å². The number of anilines is 1. The Hall–Kier alpha value is -2.34. The number of benzene rings is 1. The SMILES string of the molecule is C=CC[C@]1(CO)CCCN(C(=O)c2cccc(N3CCNC3=O)c2)C1. The van der Waals surface area contributed by atoms with Gasteiger partial charge in [-0.25, -0.2) is 4.79 Å². The Morgan fingerprint density at radius 2 is 2.24 bits per heavy atom. The number of nitrogens with one attached hydrogen (secondary N) is 1. The summed E-state index contributed by atoms with van der Waals surface area (Å²) in [4.78, 5) is 28.2. The molecular weight excluding hydrogens is 318 g/mol. The molecule has 1 aromatic rings. The molecule has 6 nitrogen and oxygen atoms in total. The fraction of sp³-hybridized carbons (Fsp3) is 0.474. The van der Waals surface area contributed by atoms with E-state index in [1.807, 2.05) is 17.0 Å². The van der Waals surface area contributed by atoms with Crippen molar-refractivity contribution in [3.63, 3.8) is 0 Å². The molecule has 25 heavy (non-hydrogen) atoms. The van der Waals surface area contributed by atoms with Gasteiger partial charge in [-0.2, -0.15) is 0 Å². The second-order valence-electron chi connectivity index (χ2n) is 6.92. The van der Waals surface area contributed by atoms with Crippen LogP contribution in [0.15, 0.2) is 36.9 Å². The topological polar surface area (TPSA) is 72.9 Å². The summed E-state index contributed by atoms with van der Waals surface area (Å²) >= 11 is 0. The maximum Gasteiger partial charge on any atom is 0.321 e. The van der Waals surface area contributed by atoms with E-state index in [4.69, 9.17) is 0 Å². The molecule has 134 valence electrons. The molecule has 2 heterocycles. The number of aliphatic hydroxyl groups is 1. The number of hydrogen-bond acceptors (Lipinski definition) is 3. The van der Waals surface area contributed by atoms with Gasteiger partial charge in [-0.1, -0.05) is 12.1 Å². The first-order chi connectivity index (χ1) is 12.1. The summed E-state index contributed by atoms with van der Waals surface area (Å²) in [6.45, 7) is 6.27. The highest BCUT2D eigenvalue weighted by atomic mass is 16.3. The average molecular weight is 343 g/mol. The van der Waals surface area contributed by atoms with Crippen molar-refractivity contribution in [1.82, 2.24) is 10.2 Å². The average Bonchev–Trinajstić information content (AvgIpc) is 3.07. The largest absolute Gasteiger partial charge is 0.396 e. The summed E-state index contributed by atoms with van der Waals surface area (Å²) in [5.41, 5.74) is 1.02. The number of carbonyl (C=O) groups excluding carboxylic acids is 2. The fourth-order valence-electron chi connectivity index (χ4n) is 3.76. The molecule has 2 aliphatic heterocycles. The van der Waals surface area contributed by atoms with E-state index in [0.29, 0.717) is 38.2 Å². The zero-order chi connectivity index (χ0) is 17.9. The fourth-order valence-corrected chi connectivity index (χ4v) is 3.76. The molecule has 3 amide bonds. The Labute approximate surface area is 148 Å². The van der Waals surface area contributed by atoms with Crippen LogP contribution in [0.5, 0.6) is 0 Å². The Bertz CT molecular complexity index is 676. The third kappa shape index (κ3) is 3.54. The molecule has 1 atom stereocenters. The smallest absolute Gasteiger partial charge is 0.321 e. The van der Waals surface area contributed by atoms with Crippen LogP contribution >= 0.6 is 0 Å². The second kappa shape index (κ2) is 7.27. The lowest BCUT2D eigenvalue weighted by atomic mass is 9.77. The zero-order valence-corrected chi connectivity index (χ0v) is 14.4. The standard InChI is InChI=1S/C19H25N3O3/c1-2-7-19(14-23)8-4-10-21(13-19)17(24)15-5-3-6-16(12-15)22-11-9-20-18(22)25/h2-3,5-6,12,23H,1,4,7-11,13-14H2,(H,20,25)/t19-/m0/s1. The van der Waals surface area contributed by atoms with Crippen LogP contribution in [0.2, 0.25) is 0 Å². The van der Waals surface area contributed by atoms with Crippen molar-refractivity contribution < 1.29 is 14.7 Å². The molecule has 2 saturated heterocycles. The Balaban J connectivity index is 1.78. The van der Waals surface area contributed by atoms with E-state index in [1.165, 1.54) is 0 Å². The normalized spacial score (nSPS) is 23.5. The molecule has 0 bridgehead atoms. The van der Waals surface area contributed by atoms with Gasteiger partial charge in [-0.05, 0) is 37.5 Å². The number of aliphatic hydroxyl groups excluding tert-OH is 1. The highest BCUT2D eigenvalue weighted by Crippen LogP contribution is 2.34. The van der Waals surface area contributed by atoms with Crippen LogP contribution in [0.25, 0.3) is 0 Å². The van der Waals surface area contributed by atoms with Gasteiger partial charge in [0.2, 0.25) is 0 Å². The lowest BCUT2D eigenvalue weighted by molar-refractivity contribution is 0.0285. The van der Waals surface area contributed by atoms with Crippen LogP contribution < -0.4 is 10.2 Å². The zero-order valence-electron chi connectivity index (χ0n) is 14.4. The summed E-state index contributed by atoms with van der Waals surface area (Å²) in [6.07, 6.45) is 4.28. The van der Waals surface area contributed by atoms with Gasteiger partial charge >= 0.3 is 6.03 Å². The number of amides is 3. The van der Waals surface area contributed by atoms with Gasteiger partial charge in [0.15, 0.2) is 0 Å². The molecular formula is C19H25N3O3. The Kier molecular flexibility index (Phi) is 5.08. The number of rotatable bonds is 5. The molecule has 1 aromatic carbocycles. The van der Waals surface area contributed by atoms with Crippen LogP contribution in [0.1, 0.15) is 29.6 Å². The first kappa shape index (κ1) is 17.5. The van der Waals surface area contributed by atoms with Crippen molar-refractivity contribution in [2.45, 2.75) is 19.3 Å². The van der Waals surface area contributed by atoms with Gasteiger partial charge in [0.25, 0.3) is 5.91 Å². The molecule has 2 N–H and O–H groups in total. The van der Waals surface area contributed by atoms with Gasteiger partial charge in [0.05, 0.1) is 6.61 Å². The minimum Gasteiger partial charge on any atom is -0.396 e. The summed E-state index contributed by atoms with van der Waals surface area (Å²) in [5, 5.41) is 12.6. The number of urea groups is 1. The highest BCUT2D eigenvalue weighted by Gasteiger charge is 2.36. The van der Waals surface area contributed by atoms with Crippen molar-refractivity contribution in [3.8, 4) is 0 Å². The summed E-state index contributed by atoms with van der Waals surface area (Å²) in [6, 6.07) is 7.07. The Morgan fingerprint density at radius 1 is 1.40 bits per heavy atom. The predicted molar refractivity (Wildman–Crippen MR) is 96.7 cm³/mol. The van der Waals surface area contributed by atoms with Crippen LogP contribution in [-0.4, -0.2) is 54.7 Å². The molecule has 0 radical (unpaired) electrons. The van der Waals surface area contributed by atoms with E-state index in [2.05, 4.69) is 11.9 Å². The lowest BCUT2D eigenvalue weighted by Gasteiger charge is -2.41. The third-order valence-corrected chi connectivity index (χ3v) is 5.12. The van der Waals surface area contributed by atoms with Crippen molar-refractivity contribution in [2.75, 3.05) is 37.7 Å². The van der Waals surface area contributed by atoms with E-state index in [0.717, 1.165) is 18.5 Å². The summed E-state index contributed by atoms with van der Waals surface area (Å²) in [5.74, 6) is -0.0527. The van der Waals surface area contributed by atoms with E-state index >= 15 is 0 Å². The van der Waals surface area contributed by atoms with Gasteiger partial charge in [-0.3, -0.25) is 9.69 Å². The first-order valence-corrected chi connectivity index (χ1v) is 8.75. The van der Waals surface area contributed by atoms with Crippen LogP contribution in [0.4, 0.5) is 10.5 Å². The van der Waals surface area contributed by atoms with Gasteiger partial charge in [0, 0.05) is 42.8 Å². The van der Waals surface area contributed by atoms with Crippen molar-refractivity contribution >= 4 is 17.6 Å². The van der Waals surface area contributed by atoms with Crippen molar-refractivity contribution in [1.29, 1.82) is 0 Å². The highest BCUT2D eigenvalue weighted by molar-refractivity contribution is 5.98.